The third-order valence-electron chi connectivity index (χ3n) is 3.23. The van der Waals surface area contributed by atoms with Crippen molar-refractivity contribution in [2.75, 3.05) is 7.11 Å². The average Bonchev–Trinajstić information content (AvgIpc) is 2.89. The van der Waals surface area contributed by atoms with Crippen LogP contribution in [0.25, 0.3) is 0 Å². The van der Waals surface area contributed by atoms with Crippen LogP contribution in [-0.2, 0) is 16.4 Å². The summed E-state index contributed by atoms with van der Waals surface area (Å²) in [6.07, 6.45) is 1.49. The van der Waals surface area contributed by atoms with Crippen LogP contribution in [-0.4, -0.2) is 29.4 Å². The van der Waals surface area contributed by atoms with Crippen molar-refractivity contribution in [2.24, 2.45) is 0 Å². The van der Waals surface area contributed by atoms with Crippen LogP contribution in [0.3, 0.4) is 0 Å². The molecule has 0 saturated carbocycles. The van der Waals surface area contributed by atoms with Crippen LogP contribution in [0, 0.1) is 17.0 Å². The van der Waals surface area contributed by atoms with E-state index in [1.807, 2.05) is 6.92 Å². The first-order valence-corrected chi connectivity index (χ1v) is 7.88. The summed E-state index contributed by atoms with van der Waals surface area (Å²) in [5, 5.41) is 11.0. The molecule has 1 heterocycles. The second-order valence-corrected chi connectivity index (χ2v) is 6.30. The van der Waals surface area contributed by atoms with Crippen LogP contribution < -0.4 is 4.74 Å². The van der Waals surface area contributed by atoms with Gasteiger partial charge in [0.05, 0.1) is 7.11 Å². The second-order valence-electron chi connectivity index (χ2n) is 4.52. The van der Waals surface area contributed by atoms with Crippen molar-refractivity contribution >= 4 is 15.8 Å². The lowest BCUT2D eigenvalue weighted by molar-refractivity contribution is -0.390. The van der Waals surface area contributed by atoms with E-state index in [4.69, 9.17) is 4.74 Å². The molecule has 0 fully saturated rings. The first-order valence-electron chi connectivity index (χ1n) is 6.44. The van der Waals surface area contributed by atoms with Crippen molar-refractivity contribution in [3.63, 3.8) is 0 Å². The van der Waals surface area contributed by atoms with Crippen molar-refractivity contribution in [3.8, 4) is 5.75 Å². The van der Waals surface area contributed by atoms with Gasteiger partial charge in [-0.2, -0.15) is 8.42 Å². The summed E-state index contributed by atoms with van der Waals surface area (Å²) in [6.45, 7) is 3.26. The SMILES string of the molecule is CCc1cc(S(=O)(=O)n2c([N+](=O)[O-])cnc2C)ccc1OC. The fraction of sp³-hybridized carbons (Fsp3) is 0.308. The van der Waals surface area contributed by atoms with Gasteiger partial charge in [0.1, 0.15) is 16.8 Å². The van der Waals surface area contributed by atoms with Crippen molar-refractivity contribution in [1.29, 1.82) is 0 Å². The molecule has 0 spiro atoms. The lowest BCUT2D eigenvalue weighted by atomic mass is 10.1. The van der Waals surface area contributed by atoms with E-state index in [1.165, 1.54) is 32.2 Å². The van der Waals surface area contributed by atoms with Gasteiger partial charge in [-0.25, -0.2) is 4.98 Å². The Morgan fingerprint density at radius 2 is 2.09 bits per heavy atom. The fourth-order valence-electron chi connectivity index (χ4n) is 2.14. The van der Waals surface area contributed by atoms with Gasteiger partial charge >= 0.3 is 15.8 Å². The Balaban J connectivity index is 2.66. The lowest BCUT2D eigenvalue weighted by Crippen LogP contribution is -2.17. The van der Waals surface area contributed by atoms with Gasteiger partial charge in [0, 0.05) is 6.92 Å². The number of nitro groups is 1. The highest BCUT2D eigenvalue weighted by Crippen LogP contribution is 2.27. The summed E-state index contributed by atoms with van der Waals surface area (Å²) >= 11 is 0. The number of aromatic nitrogens is 2. The molecular formula is C13H15N3O5S. The summed E-state index contributed by atoms with van der Waals surface area (Å²) in [5.74, 6) is 0.00485. The molecule has 1 aromatic heterocycles. The van der Waals surface area contributed by atoms with Gasteiger partial charge in [0.25, 0.3) is 0 Å². The Morgan fingerprint density at radius 3 is 2.64 bits per heavy atom. The maximum absolute atomic E-state index is 12.7. The van der Waals surface area contributed by atoms with Crippen LogP contribution >= 0.6 is 0 Å². The molecule has 0 radical (unpaired) electrons. The van der Waals surface area contributed by atoms with Crippen LogP contribution in [0.5, 0.6) is 5.75 Å². The topological polar surface area (TPSA) is 104 Å². The van der Waals surface area contributed by atoms with E-state index in [1.54, 1.807) is 0 Å². The quantitative estimate of drug-likeness (QED) is 0.614. The minimum atomic E-state index is -4.10. The van der Waals surface area contributed by atoms with Crippen LogP contribution in [0.15, 0.2) is 29.3 Å². The predicted octanol–water partition coefficient (Wildman–Crippen LogP) is 1.91. The van der Waals surface area contributed by atoms with Crippen molar-refractivity contribution < 1.29 is 18.1 Å². The highest BCUT2D eigenvalue weighted by molar-refractivity contribution is 7.90. The largest absolute Gasteiger partial charge is 0.496 e. The Hall–Kier alpha value is -2.42. The monoisotopic (exact) mass is 325 g/mol. The number of methoxy groups -OCH3 is 1. The molecule has 0 aliphatic carbocycles. The van der Waals surface area contributed by atoms with E-state index in [0.717, 1.165) is 6.20 Å². The van der Waals surface area contributed by atoms with Gasteiger partial charge in [0.2, 0.25) is 5.82 Å². The molecule has 0 aliphatic heterocycles. The van der Waals surface area contributed by atoms with Crippen molar-refractivity contribution in [3.05, 3.63) is 45.9 Å². The summed E-state index contributed by atoms with van der Waals surface area (Å²) in [6, 6.07) is 4.34. The third-order valence-corrected chi connectivity index (χ3v) is 5.01. The van der Waals surface area contributed by atoms with Gasteiger partial charge in [-0.3, -0.25) is 0 Å². The van der Waals surface area contributed by atoms with Crippen LogP contribution in [0.4, 0.5) is 5.82 Å². The van der Waals surface area contributed by atoms with E-state index in [-0.39, 0.29) is 10.7 Å². The maximum Gasteiger partial charge on any atom is 0.358 e. The number of aryl methyl sites for hydroxylation is 2. The highest BCUT2D eigenvalue weighted by atomic mass is 32.2. The first kappa shape index (κ1) is 16.0. The smallest absolute Gasteiger partial charge is 0.358 e. The molecule has 0 bridgehead atoms. The average molecular weight is 325 g/mol. The standard InChI is InChI=1S/C13H15N3O5S/c1-4-10-7-11(5-6-12(10)21-3)22(19,20)15-9(2)14-8-13(15)16(17)18/h5-8H,4H2,1-3H3. The van der Waals surface area contributed by atoms with E-state index in [0.29, 0.717) is 21.7 Å². The molecule has 0 N–H and O–H groups in total. The lowest BCUT2D eigenvalue weighted by Gasteiger charge is -2.09. The number of nitrogens with zero attached hydrogens (tertiary/aromatic N) is 3. The van der Waals surface area contributed by atoms with Crippen molar-refractivity contribution in [1.82, 2.24) is 8.96 Å². The Morgan fingerprint density at radius 1 is 1.41 bits per heavy atom. The van der Waals surface area contributed by atoms with Crippen LogP contribution in [0.2, 0.25) is 0 Å². The second kappa shape index (κ2) is 5.76. The zero-order valence-electron chi connectivity index (χ0n) is 12.3. The fourth-order valence-corrected chi connectivity index (χ4v) is 3.63. The maximum atomic E-state index is 12.7. The van der Waals surface area contributed by atoms with Gasteiger partial charge < -0.3 is 14.9 Å². The minimum Gasteiger partial charge on any atom is -0.496 e. The van der Waals surface area contributed by atoms with Gasteiger partial charge in [0.15, 0.2) is 0 Å². The summed E-state index contributed by atoms with van der Waals surface area (Å²) < 4.78 is 31.2. The Kier molecular flexibility index (Phi) is 4.18. The number of rotatable bonds is 5. The van der Waals surface area contributed by atoms with Gasteiger partial charge in [-0.15, -0.1) is 0 Å². The normalized spacial score (nSPS) is 11.4. The summed E-state index contributed by atoms with van der Waals surface area (Å²) in [4.78, 5) is 13.9. The molecule has 0 aliphatic rings. The molecule has 22 heavy (non-hydrogen) atoms. The van der Waals surface area contributed by atoms with Crippen molar-refractivity contribution in [2.45, 2.75) is 25.2 Å². The highest BCUT2D eigenvalue weighted by Gasteiger charge is 2.31. The van der Waals surface area contributed by atoms with E-state index in [9.17, 15) is 18.5 Å². The predicted molar refractivity (Wildman–Crippen MR) is 78.6 cm³/mol. The van der Waals surface area contributed by atoms with Gasteiger partial charge in [-0.1, -0.05) is 10.9 Å². The third kappa shape index (κ3) is 2.54. The molecule has 9 heteroatoms. The summed E-state index contributed by atoms with van der Waals surface area (Å²) in [5.41, 5.74) is 0.698. The number of benzene rings is 1. The van der Waals surface area contributed by atoms with E-state index < -0.39 is 20.8 Å². The molecule has 0 unspecified atom stereocenters. The number of imidazole rings is 1. The molecule has 2 aromatic rings. The van der Waals surface area contributed by atoms with Crippen LogP contribution in [0.1, 0.15) is 18.3 Å². The molecular weight excluding hydrogens is 310 g/mol. The molecule has 0 amide bonds. The minimum absolute atomic E-state index is 0.0283. The van der Waals surface area contributed by atoms with Gasteiger partial charge in [-0.05, 0) is 35.1 Å². The first-order chi connectivity index (χ1) is 10.3. The van der Waals surface area contributed by atoms with E-state index >= 15 is 0 Å². The Bertz CT molecular complexity index is 826. The zero-order chi connectivity index (χ0) is 16.5. The zero-order valence-corrected chi connectivity index (χ0v) is 13.1. The number of hydrogen-bond donors (Lipinski definition) is 0. The molecule has 2 rings (SSSR count). The number of ether oxygens (including phenoxy) is 1. The molecule has 1 aromatic carbocycles. The summed E-state index contributed by atoms with van der Waals surface area (Å²) in [7, 11) is -2.61. The Labute approximate surface area is 127 Å². The van der Waals surface area contributed by atoms with E-state index in [2.05, 4.69) is 4.98 Å². The number of hydrogen-bond acceptors (Lipinski definition) is 6. The molecule has 0 atom stereocenters. The molecule has 8 nitrogen and oxygen atoms in total. The molecule has 118 valence electrons. The molecule has 0 saturated heterocycles.